The maximum atomic E-state index is 13.7. The lowest BCUT2D eigenvalue weighted by molar-refractivity contribution is -0.139. The number of rotatable bonds is 9. The third kappa shape index (κ3) is 7.19. The van der Waals surface area contributed by atoms with Crippen molar-refractivity contribution in [3.8, 4) is 11.5 Å². The lowest BCUT2D eigenvalue weighted by Crippen LogP contribution is -2.52. The van der Waals surface area contributed by atoms with Crippen molar-refractivity contribution in [1.82, 2.24) is 10.2 Å². The zero-order chi connectivity index (χ0) is 27.3. The average molecular weight is 609 g/mol. The molecule has 38 heavy (non-hydrogen) atoms. The number of nitrogens with zero attached hydrogens (tertiary/aromatic N) is 2. The Morgan fingerprint density at radius 1 is 1.03 bits per heavy atom. The van der Waals surface area contributed by atoms with E-state index in [1.165, 1.54) is 4.90 Å². The highest BCUT2D eigenvalue weighted by molar-refractivity contribution is 9.10. The van der Waals surface area contributed by atoms with Crippen molar-refractivity contribution in [3.63, 3.8) is 0 Å². The molecule has 0 saturated heterocycles. The van der Waals surface area contributed by atoms with Gasteiger partial charge in [0.15, 0.2) is 11.5 Å². The summed E-state index contributed by atoms with van der Waals surface area (Å²) < 4.78 is 38.7. The van der Waals surface area contributed by atoms with Gasteiger partial charge in [0.05, 0.1) is 11.9 Å². The number of carbonyl (C=O) groups excluding carboxylic acids is 2. The fraction of sp³-hybridized carbons (Fsp3) is 0.481. The van der Waals surface area contributed by atoms with Crippen LogP contribution in [-0.4, -0.2) is 63.2 Å². The molecule has 9 nitrogen and oxygen atoms in total. The van der Waals surface area contributed by atoms with Crippen LogP contribution < -0.4 is 19.1 Å². The topological polar surface area (TPSA) is 105 Å². The number of halogens is 1. The van der Waals surface area contributed by atoms with Gasteiger partial charge in [-0.3, -0.25) is 13.9 Å². The van der Waals surface area contributed by atoms with Gasteiger partial charge in [-0.25, -0.2) is 8.42 Å². The maximum Gasteiger partial charge on any atom is 0.244 e. The minimum atomic E-state index is -3.84. The first-order chi connectivity index (χ1) is 18.1. The quantitative estimate of drug-likeness (QED) is 0.464. The lowest BCUT2D eigenvalue weighted by Gasteiger charge is -2.33. The van der Waals surface area contributed by atoms with Gasteiger partial charge in [0, 0.05) is 23.1 Å². The van der Waals surface area contributed by atoms with Crippen molar-refractivity contribution in [3.05, 3.63) is 52.5 Å². The highest BCUT2D eigenvalue weighted by Crippen LogP contribution is 2.34. The number of amides is 2. The molecule has 11 heteroatoms. The van der Waals surface area contributed by atoms with Crippen LogP contribution in [0.5, 0.6) is 11.5 Å². The van der Waals surface area contributed by atoms with Gasteiger partial charge in [-0.2, -0.15) is 0 Å². The Balaban J connectivity index is 1.58. The summed E-state index contributed by atoms with van der Waals surface area (Å²) in [5.41, 5.74) is 1.11. The number of fused-ring (bicyclic) bond motifs is 1. The van der Waals surface area contributed by atoms with Crippen molar-refractivity contribution in [2.24, 2.45) is 0 Å². The van der Waals surface area contributed by atoms with Crippen LogP contribution >= 0.6 is 15.9 Å². The molecule has 1 fully saturated rings. The lowest BCUT2D eigenvalue weighted by atomic mass is 9.95. The van der Waals surface area contributed by atoms with E-state index in [0.717, 1.165) is 52.7 Å². The number of ether oxygens (including phenoxy) is 2. The molecule has 0 radical (unpaired) electrons. The molecule has 0 unspecified atom stereocenters. The van der Waals surface area contributed by atoms with Crippen LogP contribution in [0.4, 0.5) is 5.69 Å². The van der Waals surface area contributed by atoms with E-state index in [4.69, 9.17) is 9.47 Å². The standard InChI is InChI=1S/C27H34BrN3O6S/c1-19(27(33)29-22-6-4-3-5-7-22)30(17-20-8-10-21(28)11-9-20)26(32)18-31(38(2,34)35)23-12-13-24-25(16-23)37-15-14-36-24/h8-13,16,19,22H,3-7,14-15,17-18H2,1-2H3,(H,29,33)/t19-/m0/s1. The van der Waals surface area contributed by atoms with Crippen LogP contribution in [0.25, 0.3) is 0 Å². The van der Waals surface area contributed by atoms with Gasteiger partial charge in [0.1, 0.15) is 25.8 Å². The molecule has 1 N–H and O–H groups in total. The summed E-state index contributed by atoms with van der Waals surface area (Å²) >= 11 is 3.42. The summed E-state index contributed by atoms with van der Waals surface area (Å²) in [6.07, 6.45) is 6.20. The van der Waals surface area contributed by atoms with Crippen LogP contribution in [0.1, 0.15) is 44.6 Å². The third-order valence-corrected chi connectivity index (χ3v) is 8.55. The molecule has 1 saturated carbocycles. The Labute approximate surface area is 232 Å². The second-order valence-electron chi connectivity index (χ2n) is 9.77. The normalized spacial score (nSPS) is 16.4. The summed E-state index contributed by atoms with van der Waals surface area (Å²) in [6, 6.07) is 11.5. The van der Waals surface area contributed by atoms with E-state index < -0.39 is 28.5 Å². The molecule has 0 aromatic heterocycles. The summed E-state index contributed by atoms with van der Waals surface area (Å²) in [4.78, 5) is 28.4. The fourth-order valence-corrected chi connectivity index (χ4v) is 5.84. The van der Waals surface area contributed by atoms with Crippen molar-refractivity contribution in [2.45, 2.75) is 57.7 Å². The average Bonchev–Trinajstić information content (AvgIpc) is 2.90. The van der Waals surface area contributed by atoms with Crippen molar-refractivity contribution in [2.75, 3.05) is 30.3 Å². The molecule has 1 aliphatic carbocycles. The largest absolute Gasteiger partial charge is 0.486 e. The first kappa shape index (κ1) is 28.2. The van der Waals surface area contributed by atoms with Gasteiger partial charge in [-0.15, -0.1) is 0 Å². The molecule has 4 rings (SSSR count). The number of hydrogen-bond acceptors (Lipinski definition) is 6. The predicted molar refractivity (Wildman–Crippen MR) is 149 cm³/mol. The summed E-state index contributed by atoms with van der Waals surface area (Å²) in [6.45, 7) is 2.14. The number of sulfonamides is 1. The summed E-state index contributed by atoms with van der Waals surface area (Å²) in [7, 11) is -3.84. The van der Waals surface area contributed by atoms with Crippen LogP contribution in [0.15, 0.2) is 46.9 Å². The van der Waals surface area contributed by atoms with Crippen LogP contribution in [0.3, 0.4) is 0 Å². The van der Waals surface area contributed by atoms with Crippen molar-refractivity contribution < 1.29 is 27.5 Å². The van der Waals surface area contributed by atoms with Gasteiger partial charge >= 0.3 is 0 Å². The molecule has 2 amide bonds. The Morgan fingerprint density at radius 2 is 1.68 bits per heavy atom. The zero-order valence-corrected chi connectivity index (χ0v) is 24.1. The van der Waals surface area contributed by atoms with Crippen LogP contribution in [0, 0.1) is 0 Å². The Bertz CT molecular complexity index is 1250. The molecule has 2 aliphatic rings. The Morgan fingerprint density at radius 3 is 2.34 bits per heavy atom. The van der Waals surface area contributed by atoms with Crippen molar-refractivity contribution >= 4 is 43.5 Å². The van der Waals surface area contributed by atoms with E-state index in [1.807, 2.05) is 24.3 Å². The minimum absolute atomic E-state index is 0.0913. The molecule has 1 heterocycles. The highest BCUT2D eigenvalue weighted by Gasteiger charge is 2.31. The van der Waals surface area contributed by atoms with Gasteiger partial charge in [0.25, 0.3) is 0 Å². The van der Waals surface area contributed by atoms with Gasteiger partial charge < -0.3 is 19.7 Å². The summed E-state index contributed by atoms with van der Waals surface area (Å²) in [5.74, 6) is 0.207. The van der Waals surface area contributed by atoms with E-state index in [-0.39, 0.29) is 24.2 Å². The first-order valence-electron chi connectivity index (χ1n) is 12.8. The number of benzene rings is 2. The SMILES string of the molecule is C[C@@H](C(=O)NC1CCCCC1)N(Cc1ccc(Br)cc1)C(=O)CN(c1ccc2c(c1)OCCO2)S(C)(=O)=O. The predicted octanol–water partition coefficient (Wildman–Crippen LogP) is 3.85. The Kier molecular flexibility index (Phi) is 9.19. The molecule has 2 aromatic rings. The zero-order valence-electron chi connectivity index (χ0n) is 21.7. The molecule has 1 aliphatic heterocycles. The van der Waals surface area contributed by atoms with E-state index in [1.54, 1.807) is 25.1 Å². The van der Waals surface area contributed by atoms with Gasteiger partial charge in [-0.05, 0) is 49.6 Å². The second kappa shape index (κ2) is 12.4. The minimum Gasteiger partial charge on any atom is -0.486 e. The number of hydrogen-bond donors (Lipinski definition) is 1. The molecular formula is C27H34BrN3O6S. The van der Waals surface area contributed by atoms with E-state index >= 15 is 0 Å². The molecule has 2 aromatic carbocycles. The monoisotopic (exact) mass is 607 g/mol. The molecule has 0 bridgehead atoms. The molecule has 0 spiro atoms. The maximum absolute atomic E-state index is 13.7. The third-order valence-electron chi connectivity index (χ3n) is 6.88. The highest BCUT2D eigenvalue weighted by atomic mass is 79.9. The van der Waals surface area contributed by atoms with Gasteiger partial charge in [-0.1, -0.05) is 47.3 Å². The van der Waals surface area contributed by atoms with E-state index in [2.05, 4.69) is 21.2 Å². The van der Waals surface area contributed by atoms with Crippen LogP contribution in [0.2, 0.25) is 0 Å². The number of nitrogens with one attached hydrogen (secondary N) is 1. The van der Waals surface area contributed by atoms with E-state index in [9.17, 15) is 18.0 Å². The second-order valence-corrected chi connectivity index (χ2v) is 12.6. The first-order valence-corrected chi connectivity index (χ1v) is 15.5. The summed E-state index contributed by atoms with van der Waals surface area (Å²) in [5, 5.41) is 3.10. The number of carbonyl (C=O) groups is 2. The Hall–Kier alpha value is -2.79. The molecule has 1 atom stereocenters. The number of anilines is 1. The fourth-order valence-electron chi connectivity index (χ4n) is 4.74. The van der Waals surface area contributed by atoms with Crippen molar-refractivity contribution in [1.29, 1.82) is 0 Å². The van der Waals surface area contributed by atoms with Gasteiger partial charge in [0.2, 0.25) is 21.8 Å². The van der Waals surface area contributed by atoms with E-state index in [0.29, 0.717) is 24.7 Å². The smallest absolute Gasteiger partial charge is 0.244 e. The molecular weight excluding hydrogens is 574 g/mol. The van der Waals surface area contributed by atoms with Crippen LogP contribution in [-0.2, 0) is 26.2 Å². The molecule has 206 valence electrons.